The second-order valence-corrected chi connectivity index (χ2v) is 4.02. The lowest BCUT2D eigenvalue weighted by Gasteiger charge is -2.19. The number of hydrogen-bond donors (Lipinski definition) is 2. The third kappa shape index (κ3) is 3.35. The average molecular weight is 184 g/mol. The maximum absolute atomic E-state index is 11.1. The van der Waals surface area contributed by atoms with E-state index >= 15 is 0 Å². The van der Waals surface area contributed by atoms with Gasteiger partial charge in [0.2, 0.25) is 5.91 Å². The maximum Gasteiger partial charge on any atom is 0.222 e. The minimum atomic E-state index is -0.214. The monoisotopic (exact) mass is 184 g/mol. The first-order chi connectivity index (χ1) is 6.22. The quantitative estimate of drug-likeness (QED) is 0.642. The Balaban J connectivity index is 2.50. The van der Waals surface area contributed by atoms with Gasteiger partial charge in [-0.2, -0.15) is 0 Å². The molecule has 3 heteroatoms. The Hall–Kier alpha value is -0.570. The first kappa shape index (κ1) is 10.5. The van der Waals surface area contributed by atoms with Gasteiger partial charge in [0, 0.05) is 6.04 Å². The first-order valence-electron chi connectivity index (χ1n) is 5.26. The molecule has 1 rings (SSSR count). The number of primary amides is 1. The van der Waals surface area contributed by atoms with Crippen molar-refractivity contribution in [3.05, 3.63) is 0 Å². The highest BCUT2D eigenvalue weighted by molar-refractivity contribution is 5.77. The van der Waals surface area contributed by atoms with E-state index in [0.717, 1.165) is 25.7 Å². The molecule has 1 aliphatic carbocycles. The van der Waals surface area contributed by atoms with Gasteiger partial charge in [0.05, 0.1) is 5.92 Å². The zero-order valence-electron chi connectivity index (χ0n) is 8.17. The molecular formula is C10H20N2O. The van der Waals surface area contributed by atoms with E-state index in [1.807, 2.05) is 0 Å². The number of carbonyl (C=O) groups excluding carboxylic acids is 1. The molecule has 1 aliphatic rings. The van der Waals surface area contributed by atoms with Gasteiger partial charge in [0.25, 0.3) is 0 Å². The molecule has 0 aliphatic heterocycles. The van der Waals surface area contributed by atoms with Crippen molar-refractivity contribution >= 4 is 5.91 Å². The topological polar surface area (TPSA) is 69.1 Å². The minimum absolute atomic E-state index is 0.00407. The van der Waals surface area contributed by atoms with Crippen molar-refractivity contribution in [3.8, 4) is 0 Å². The van der Waals surface area contributed by atoms with Crippen molar-refractivity contribution in [3.63, 3.8) is 0 Å². The van der Waals surface area contributed by atoms with Crippen molar-refractivity contribution in [1.29, 1.82) is 0 Å². The summed E-state index contributed by atoms with van der Waals surface area (Å²) < 4.78 is 0. The summed E-state index contributed by atoms with van der Waals surface area (Å²) in [5, 5.41) is 0. The lowest BCUT2D eigenvalue weighted by atomic mass is 9.92. The van der Waals surface area contributed by atoms with Crippen LogP contribution in [0.25, 0.3) is 0 Å². The predicted octanol–water partition coefficient (Wildman–Crippen LogP) is 1.16. The van der Waals surface area contributed by atoms with E-state index in [2.05, 4.69) is 0 Å². The van der Waals surface area contributed by atoms with Gasteiger partial charge in [-0.1, -0.05) is 32.1 Å². The van der Waals surface area contributed by atoms with E-state index in [1.165, 1.54) is 19.3 Å². The molecule has 0 aromatic carbocycles. The standard InChI is InChI=1S/C10H20N2O/c11-9-7-5-3-1-2-4-6-8(9)10(12)13/h8-9H,1-7,11H2,(H2,12,13). The third-order valence-corrected chi connectivity index (χ3v) is 2.93. The Kier molecular flexibility index (Phi) is 4.22. The molecule has 1 amide bonds. The van der Waals surface area contributed by atoms with Crippen molar-refractivity contribution in [2.75, 3.05) is 0 Å². The lowest BCUT2D eigenvalue weighted by Crippen LogP contribution is -2.39. The van der Waals surface area contributed by atoms with Crippen LogP contribution in [0.2, 0.25) is 0 Å². The number of rotatable bonds is 1. The zero-order valence-corrected chi connectivity index (χ0v) is 8.17. The van der Waals surface area contributed by atoms with Gasteiger partial charge in [-0.05, 0) is 12.8 Å². The Morgan fingerprint density at radius 1 is 1.00 bits per heavy atom. The van der Waals surface area contributed by atoms with E-state index in [0.29, 0.717) is 0 Å². The highest BCUT2D eigenvalue weighted by Gasteiger charge is 2.23. The first-order valence-corrected chi connectivity index (χ1v) is 5.26. The third-order valence-electron chi connectivity index (χ3n) is 2.93. The Morgan fingerprint density at radius 3 is 2.15 bits per heavy atom. The van der Waals surface area contributed by atoms with Crippen LogP contribution in [0.15, 0.2) is 0 Å². The highest BCUT2D eigenvalue weighted by Crippen LogP contribution is 2.20. The molecule has 1 fully saturated rings. The lowest BCUT2D eigenvalue weighted by molar-refractivity contribution is -0.122. The fourth-order valence-electron chi connectivity index (χ4n) is 2.04. The van der Waals surface area contributed by atoms with Gasteiger partial charge < -0.3 is 11.5 Å². The number of nitrogens with two attached hydrogens (primary N) is 2. The second-order valence-electron chi connectivity index (χ2n) is 4.02. The second kappa shape index (κ2) is 5.22. The van der Waals surface area contributed by atoms with E-state index in [4.69, 9.17) is 11.5 Å². The molecule has 2 unspecified atom stereocenters. The van der Waals surface area contributed by atoms with Gasteiger partial charge in [-0.3, -0.25) is 4.79 Å². The summed E-state index contributed by atoms with van der Waals surface area (Å²) in [6.45, 7) is 0. The number of amides is 1. The van der Waals surface area contributed by atoms with Gasteiger partial charge in [-0.25, -0.2) is 0 Å². The molecule has 2 atom stereocenters. The van der Waals surface area contributed by atoms with Crippen molar-refractivity contribution in [2.45, 2.75) is 51.0 Å². The summed E-state index contributed by atoms with van der Waals surface area (Å²) in [6.07, 6.45) is 7.82. The molecule has 0 bridgehead atoms. The molecule has 0 aromatic heterocycles. The largest absolute Gasteiger partial charge is 0.369 e. The zero-order chi connectivity index (χ0) is 9.68. The van der Waals surface area contributed by atoms with E-state index < -0.39 is 0 Å². The molecule has 0 heterocycles. The number of carbonyl (C=O) groups is 1. The fraction of sp³-hybridized carbons (Fsp3) is 0.900. The summed E-state index contributed by atoms with van der Waals surface area (Å²) in [5.74, 6) is -0.299. The summed E-state index contributed by atoms with van der Waals surface area (Å²) in [5.41, 5.74) is 11.2. The van der Waals surface area contributed by atoms with Crippen LogP contribution in [0.3, 0.4) is 0 Å². The fourth-order valence-corrected chi connectivity index (χ4v) is 2.04. The highest BCUT2D eigenvalue weighted by atomic mass is 16.1. The van der Waals surface area contributed by atoms with Crippen LogP contribution >= 0.6 is 0 Å². The van der Waals surface area contributed by atoms with Crippen LogP contribution in [0.4, 0.5) is 0 Å². The smallest absolute Gasteiger partial charge is 0.222 e. The molecule has 4 N–H and O–H groups in total. The Morgan fingerprint density at radius 2 is 1.54 bits per heavy atom. The molecule has 0 saturated heterocycles. The van der Waals surface area contributed by atoms with Crippen LogP contribution in [0, 0.1) is 5.92 Å². The molecule has 13 heavy (non-hydrogen) atoms. The molecule has 0 aromatic rings. The average Bonchev–Trinajstić information content (AvgIpc) is 2.16. The van der Waals surface area contributed by atoms with E-state index in [9.17, 15) is 4.79 Å². The molecule has 3 nitrogen and oxygen atoms in total. The predicted molar refractivity (Wildman–Crippen MR) is 53.0 cm³/mol. The van der Waals surface area contributed by atoms with Gasteiger partial charge in [0.1, 0.15) is 0 Å². The molecule has 1 saturated carbocycles. The van der Waals surface area contributed by atoms with Gasteiger partial charge >= 0.3 is 0 Å². The van der Waals surface area contributed by atoms with Gasteiger partial charge in [0.15, 0.2) is 0 Å². The summed E-state index contributed by atoms with van der Waals surface area (Å²) >= 11 is 0. The maximum atomic E-state index is 11.1. The van der Waals surface area contributed by atoms with Crippen LogP contribution in [0.5, 0.6) is 0 Å². The molecule has 76 valence electrons. The number of hydrogen-bond acceptors (Lipinski definition) is 2. The Labute approximate surface area is 79.9 Å². The summed E-state index contributed by atoms with van der Waals surface area (Å²) in [6, 6.07) is -0.00407. The van der Waals surface area contributed by atoms with Crippen LogP contribution in [-0.2, 0) is 4.79 Å². The minimum Gasteiger partial charge on any atom is -0.369 e. The van der Waals surface area contributed by atoms with Crippen molar-refractivity contribution < 1.29 is 4.79 Å². The summed E-state index contributed by atoms with van der Waals surface area (Å²) in [4.78, 5) is 11.1. The van der Waals surface area contributed by atoms with Crippen molar-refractivity contribution in [1.82, 2.24) is 0 Å². The van der Waals surface area contributed by atoms with Crippen LogP contribution in [0.1, 0.15) is 44.9 Å². The summed E-state index contributed by atoms with van der Waals surface area (Å²) in [7, 11) is 0. The molecule has 0 radical (unpaired) electrons. The Bertz CT molecular complexity index is 170. The normalized spacial score (nSPS) is 31.5. The van der Waals surface area contributed by atoms with E-state index in [-0.39, 0.29) is 17.9 Å². The van der Waals surface area contributed by atoms with Crippen molar-refractivity contribution in [2.24, 2.45) is 17.4 Å². The SMILES string of the molecule is NC(=O)C1CCCCCCCC1N. The van der Waals surface area contributed by atoms with E-state index in [1.54, 1.807) is 0 Å². The molecular weight excluding hydrogens is 164 g/mol. The van der Waals surface area contributed by atoms with Crippen LogP contribution < -0.4 is 11.5 Å². The van der Waals surface area contributed by atoms with Gasteiger partial charge in [-0.15, -0.1) is 0 Å². The molecule has 0 spiro atoms. The van der Waals surface area contributed by atoms with Crippen LogP contribution in [-0.4, -0.2) is 11.9 Å².